The molecule has 1 aromatic carbocycles. The van der Waals surface area contributed by atoms with Gasteiger partial charge < -0.3 is 19.9 Å². The molecule has 1 aliphatic rings. The third-order valence-corrected chi connectivity index (χ3v) is 4.88. The van der Waals surface area contributed by atoms with Crippen LogP contribution in [0.15, 0.2) is 28.9 Å². The van der Waals surface area contributed by atoms with Crippen LogP contribution in [0.1, 0.15) is 47.3 Å². The summed E-state index contributed by atoms with van der Waals surface area (Å²) in [5.41, 5.74) is 8.36. The van der Waals surface area contributed by atoms with Gasteiger partial charge in [0, 0.05) is 24.6 Å². The molecule has 0 radical (unpaired) electrons. The number of halogens is 1. The highest BCUT2D eigenvalue weighted by Gasteiger charge is 2.27. The number of benzene rings is 1. The summed E-state index contributed by atoms with van der Waals surface area (Å²) in [7, 11) is 1.65. The van der Waals surface area contributed by atoms with Gasteiger partial charge in [-0.05, 0) is 25.1 Å². The number of hydrogen-bond donors (Lipinski definition) is 1. The van der Waals surface area contributed by atoms with E-state index in [1.54, 1.807) is 14.0 Å². The van der Waals surface area contributed by atoms with Crippen molar-refractivity contribution in [3.8, 4) is 17.1 Å². The molecule has 1 amide bonds. The fourth-order valence-electron chi connectivity index (χ4n) is 3.39. The molecule has 8 nitrogen and oxygen atoms in total. The molecule has 0 spiro atoms. The predicted octanol–water partition coefficient (Wildman–Crippen LogP) is 3.14. The van der Waals surface area contributed by atoms with Gasteiger partial charge in [-0.15, -0.1) is 0 Å². The highest BCUT2D eigenvalue weighted by molar-refractivity contribution is 5.95. The minimum absolute atomic E-state index is 0.0927. The number of fused-ring (bicyclic) bond motifs is 5. The van der Waals surface area contributed by atoms with Crippen molar-refractivity contribution >= 4 is 11.7 Å². The van der Waals surface area contributed by atoms with Gasteiger partial charge in [-0.1, -0.05) is 12.1 Å². The Hall–Kier alpha value is -3.49. The summed E-state index contributed by atoms with van der Waals surface area (Å²) in [6, 6.07) is 3.97. The second kappa shape index (κ2) is 7.16. The van der Waals surface area contributed by atoms with Gasteiger partial charge >= 0.3 is 0 Å². The number of aryl methyl sites for hydroxylation is 1. The van der Waals surface area contributed by atoms with Crippen molar-refractivity contribution in [2.45, 2.75) is 32.9 Å². The minimum Gasteiger partial charge on any atom is -0.467 e. The lowest BCUT2D eigenvalue weighted by Crippen LogP contribution is -2.28. The largest absolute Gasteiger partial charge is 0.467 e. The average molecular weight is 397 g/mol. The summed E-state index contributed by atoms with van der Waals surface area (Å²) in [6.45, 7) is 3.82. The Labute approximate surface area is 166 Å². The molecule has 0 saturated carbocycles. The number of anilines is 1. The van der Waals surface area contributed by atoms with Gasteiger partial charge in [0.15, 0.2) is 5.82 Å². The van der Waals surface area contributed by atoms with Crippen molar-refractivity contribution in [1.29, 1.82) is 0 Å². The van der Waals surface area contributed by atoms with Crippen LogP contribution in [0.4, 0.5) is 10.2 Å². The smallest absolute Gasteiger partial charge is 0.258 e. The van der Waals surface area contributed by atoms with E-state index in [0.717, 1.165) is 0 Å². The fraction of sp³-hybridized carbons (Fsp3) is 0.300. The molecule has 4 rings (SSSR count). The van der Waals surface area contributed by atoms with E-state index < -0.39 is 11.9 Å². The van der Waals surface area contributed by atoms with Crippen LogP contribution in [0.5, 0.6) is 5.88 Å². The molecular weight excluding hydrogens is 377 g/mol. The van der Waals surface area contributed by atoms with Crippen LogP contribution in [0.2, 0.25) is 0 Å². The van der Waals surface area contributed by atoms with Crippen molar-refractivity contribution in [1.82, 2.24) is 20.0 Å². The number of ether oxygens (including phenoxy) is 1. The maximum absolute atomic E-state index is 13.9. The monoisotopic (exact) mass is 397 g/mol. The molecule has 2 bridgehead atoms. The minimum atomic E-state index is -0.683. The Bertz CT molecular complexity index is 1100. The van der Waals surface area contributed by atoms with E-state index in [-0.39, 0.29) is 24.1 Å². The topological polar surface area (TPSA) is 107 Å². The van der Waals surface area contributed by atoms with E-state index in [0.29, 0.717) is 40.3 Å². The van der Waals surface area contributed by atoms with Gasteiger partial charge in [-0.25, -0.2) is 14.4 Å². The number of carbonyl (C=O) groups is 1. The predicted molar refractivity (Wildman–Crippen MR) is 103 cm³/mol. The van der Waals surface area contributed by atoms with Gasteiger partial charge in [0.25, 0.3) is 11.8 Å². The average Bonchev–Trinajstić information content (AvgIpc) is 3.10. The molecule has 1 atom stereocenters. The number of rotatable bonds is 1. The number of nitrogens with two attached hydrogens (primary N) is 1. The van der Waals surface area contributed by atoms with Crippen molar-refractivity contribution in [3.05, 3.63) is 52.8 Å². The second-order valence-electron chi connectivity index (χ2n) is 6.88. The van der Waals surface area contributed by atoms with Crippen LogP contribution in [-0.4, -0.2) is 33.0 Å². The van der Waals surface area contributed by atoms with E-state index in [1.807, 2.05) is 6.92 Å². The van der Waals surface area contributed by atoms with Crippen LogP contribution in [0.25, 0.3) is 11.3 Å². The molecule has 2 aromatic heterocycles. The van der Waals surface area contributed by atoms with Crippen molar-refractivity contribution in [2.24, 2.45) is 0 Å². The van der Waals surface area contributed by atoms with E-state index in [4.69, 9.17) is 15.0 Å². The second-order valence-corrected chi connectivity index (χ2v) is 6.88. The molecule has 3 aromatic rings. The Balaban J connectivity index is 1.94. The SMILES string of the molecule is CCc1onc2c1-c1cnc(N)c(n1)O[C@H](C)c1cc(F)ccc1C(=O)N(C)C2. The third kappa shape index (κ3) is 3.28. The Morgan fingerprint density at radius 3 is 2.93 bits per heavy atom. The summed E-state index contributed by atoms with van der Waals surface area (Å²) < 4.78 is 25.3. The van der Waals surface area contributed by atoms with Gasteiger partial charge in [0.2, 0.25) is 0 Å². The molecule has 0 aliphatic carbocycles. The fourth-order valence-corrected chi connectivity index (χ4v) is 3.39. The van der Waals surface area contributed by atoms with E-state index in [2.05, 4.69) is 15.1 Å². The van der Waals surface area contributed by atoms with Gasteiger partial charge in [-0.2, -0.15) is 0 Å². The maximum Gasteiger partial charge on any atom is 0.258 e. The molecular formula is C20H20FN5O3. The third-order valence-electron chi connectivity index (χ3n) is 4.88. The highest BCUT2D eigenvalue weighted by atomic mass is 19.1. The number of amides is 1. The summed E-state index contributed by atoms with van der Waals surface area (Å²) in [4.78, 5) is 23.3. The lowest BCUT2D eigenvalue weighted by molar-refractivity contribution is 0.0777. The first-order valence-electron chi connectivity index (χ1n) is 9.20. The zero-order chi connectivity index (χ0) is 20.7. The highest BCUT2D eigenvalue weighted by Crippen LogP contribution is 2.33. The molecule has 0 unspecified atom stereocenters. The lowest BCUT2D eigenvalue weighted by atomic mass is 10.0. The number of nitrogen functional groups attached to an aromatic ring is 1. The van der Waals surface area contributed by atoms with Gasteiger partial charge in [0.1, 0.15) is 23.4 Å². The number of nitrogens with zero attached hydrogens (tertiary/aromatic N) is 4. The number of hydrogen-bond acceptors (Lipinski definition) is 7. The van der Waals surface area contributed by atoms with Crippen LogP contribution < -0.4 is 10.5 Å². The maximum atomic E-state index is 13.9. The Morgan fingerprint density at radius 2 is 2.17 bits per heavy atom. The van der Waals surface area contributed by atoms with Crippen molar-refractivity contribution in [2.75, 3.05) is 12.8 Å². The van der Waals surface area contributed by atoms with Crippen LogP contribution in [-0.2, 0) is 13.0 Å². The standard InChI is InChI=1S/C20H20FN5O3/c1-4-16-17-14-8-23-18(22)19(24-14)28-10(2)13-7-11(21)5-6-12(13)20(27)26(3)9-15(17)25-29-16/h5-8,10H,4,9H2,1-3H3,(H2,22,23)/t10-/m1/s1. The molecule has 2 N–H and O–H groups in total. The van der Waals surface area contributed by atoms with Gasteiger partial charge in [-0.3, -0.25) is 4.79 Å². The molecule has 1 aliphatic heterocycles. The number of carbonyl (C=O) groups excluding carboxylic acids is 1. The van der Waals surface area contributed by atoms with E-state index in [1.165, 1.54) is 29.3 Å². The Morgan fingerprint density at radius 1 is 1.38 bits per heavy atom. The van der Waals surface area contributed by atoms with Crippen LogP contribution in [0, 0.1) is 5.82 Å². The molecule has 0 fully saturated rings. The summed E-state index contributed by atoms with van der Waals surface area (Å²) >= 11 is 0. The normalized spacial score (nSPS) is 16.3. The lowest BCUT2D eigenvalue weighted by Gasteiger charge is -2.23. The van der Waals surface area contributed by atoms with Gasteiger partial charge in [0.05, 0.1) is 24.0 Å². The molecule has 0 saturated heterocycles. The van der Waals surface area contributed by atoms with E-state index >= 15 is 0 Å². The molecule has 29 heavy (non-hydrogen) atoms. The van der Waals surface area contributed by atoms with Crippen molar-refractivity contribution < 1.29 is 18.4 Å². The Kier molecular flexibility index (Phi) is 4.65. The van der Waals surface area contributed by atoms with Crippen molar-refractivity contribution in [3.63, 3.8) is 0 Å². The van der Waals surface area contributed by atoms with E-state index in [9.17, 15) is 9.18 Å². The summed E-state index contributed by atoms with van der Waals surface area (Å²) in [6.07, 6.45) is 1.42. The molecule has 9 heteroatoms. The zero-order valence-electron chi connectivity index (χ0n) is 16.3. The molecule has 3 heterocycles. The zero-order valence-corrected chi connectivity index (χ0v) is 16.3. The molecule has 150 valence electrons. The van der Waals surface area contributed by atoms with Crippen LogP contribution in [0.3, 0.4) is 0 Å². The summed E-state index contributed by atoms with van der Waals surface area (Å²) in [5, 5.41) is 4.13. The number of aromatic nitrogens is 3. The summed E-state index contributed by atoms with van der Waals surface area (Å²) in [5.74, 6) is 0.0565. The van der Waals surface area contributed by atoms with Crippen LogP contribution >= 0.6 is 0 Å². The quantitative estimate of drug-likeness (QED) is 0.672. The first-order valence-corrected chi connectivity index (χ1v) is 9.20. The first-order chi connectivity index (χ1) is 13.9. The first kappa shape index (κ1) is 18.9.